The molecule has 0 fully saturated rings. The first kappa shape index (κ1) is 111. The standard InChI is InChI=1S/C19H17F3N4O.C18H15F3N4O.C15H17F3N4O.C15H16F3N3O2.C14H15F3N4O2.C13H13F3N4O/c1-25(2)18(27)15-10-14(8-9-23-15)16-11-17(19(20,21)22)24-26(16)12-13-6-4-3-5-7-13;1-24(2)17(26)14-10-6-9-13(22-14)15-11-16(18(19,20)21)25(23-15)12-7-4-3-5-8-12;1-4-7-22-13(15(16,17)18)9-11(20-22)10-5-6-19-12(8-10)14(23)21(2)3;1-20(2)14(23)11-5-3-4-10(8-11)12-9-13(15(16,17)18)19-21(12)6-7-22;1-20(2)13(23)10-7-9(3-4-18-10)11-8-12(14(15,16)17)19-21(11)5-6-22;1-19(2)12(21)10-6-8(4-5-17-10)9-7-11(13(14,15)16)20(3)18-9/h3-11H,12H2,1-2H3;3-11H,1-2H3;5-6,8-9H,4,7H2,1-3H3;3-5,8-9,22H,6-7H2,1-2H3;3-4,7-8,22H,5-6H2,1-2H3;4-7H,1-3H3. The Morgan fingerprint density at radius 1 is 0.308 bits per heavy atom. The fraction of sp³-hybridized carbons (Fsp3) is 0.287. The zero-order valence-electron chi connectivity index (χ0n) is 78.6. The fourth-order valence-electron chi connectivity index (χ4n) is 13.0. The molecule has 143 heavy (non-hydrogen) atoms. The van der Waals surface area contributed by atoms with E-state index in [-0.39, 0.29) is 149 Å². The Balaban J connectivity index is 0.000000192. The number of para-hydroxylation sites is 1. The Hall–Kier alpha value is -15.9. The molecule has 0 saturated carbocycles. The largest absolute Gasteiger partial charge is 0.435 e. The highest BCUT2D eigenvalue weighted by atomic mass is 19.4. The fourth-order valence-corrected chi connectivity index (χ4v) is 13.0. The molecule has 0 unspecified atom stereocenters. The minimum atomic E-state index is -4.59. The SMILES string of the molecule is CCCn1nc(-c2ccnc(C(=O)N(C)C)c2)cc1C(F)(F)F.CN(C)C(=O)c1cc(-c2cc(C(F)(F)F)n(C)n2)ccn1.CN(C)C(=O)c1cc(-c2cc(C(F)(F)F)nn2CCO)ccn1.CN(C)C(=O)c1cc(-c2cc(C(F)(F)F)nn2Cc2ccccc2)ccn1.CN(C)C(=O)c1cccc(-c2cc(C(F)(F)F)n(-c3ccccc3)n2)n1.CN(C)C(=O)c1cccc(-c2cc(C(F)(F)F)nn2CCO)c1. The third-order valence-electron chi connectivity index (χ3n) is 19.9. The molecule has 14 aromatic rings. The molecule has 2 N–H and O–H groups in total. The summed E-state index contributed by atoms with van der Waals surface area (Å²) in [6, 6.07) is 45.4. The Morgan fingerprint density at radius 2 is 0.664 bits per heavy atom. The van der Waals surface area contributed by atoms with Crippen LogP contribution in [0.5, 0.6) is 0 Å². The normalized spacial score (nSPS) is 11.5. The molecule has 0 bridgehead atoms. The van der Waals surface area contributed by atoms with Gasteiger partial charge in [-0.1, -0.05) is 73.7 Å². The lowest BCUT2D eigenvalue weighted by Gasteiger charge is -2.11. The van der Waals surface area contributed by atoms with Crippen LogP contribution in [0.15, 0.2) is 213 Å². The van der Waals surface area contributed by atoms with Crippen molar-refractivity contribution in [1.29, 1.82) is 0 Å². The number of aryl methyl sites for hydroxylation is 2. The average Bonchev–Trinajstić information content (AvgIpc) is 1.66. The summed E-state index contributed by atoms with van der Waals surface area (Å²) < 4.78 is 240. The zero-order chi connectivity index (χ0) is 106. The van der Waals surface area contributed by atoms with Gasteiger partial charge in [-0.15, -0.1) is 0 Å². The topological polar surface area (TPSA) is 334 Å². The zero-order valence-corrected chi connectivity index (χ0v) is 78.6. The lowest BCUT2D eigenvalue weighted by Crippen LogP contribution is -2.22. The van der Waals surface area contributed by atoms with Gasteiger partial charge in [-0.3, -0.25) is 72.1 Å². The number of aromatic nitrogens is 17. The van der Waals surface area contributed by atoms with Gasteiger partial charge >= 0.3 is 37.1 Å². The molecule has 0 spiro atoms. The van der Waals surface area contributed by atoms with Crippen molar-refractivity contribution in [2.45, 2.75) is 76.6 Å². The molecular weight excluding hydrogens is 1920 g/mol. The van der Waals surface area contributed by atoms with Crippen molar-refractivity contribution < 1.29 is 118 Å². The molecule has 0 aliphatic rings. The van der Waals surface area contributed by atoms with Gasteiger partial charge in [0.15, 0.2) is 17.1 Å². The van der Waals surface area contributed by atoms with E-state index in [1.54, 1.807) is 140 Å². The molecule has 758 valence electrons. The van der Waals surface area contributed by atoms with Gasteiger partial charge in [-0.05, 0) is 133 Å². The lowest BCUT2D eigenvalue weighted by atomic mass is 10.1. The van der Waals surface area contributed by atoms with Crippen LogP contribution in [0.3, 0.4) is 0 Å². The molecule has 0 atom stereocenters. The van der Waals surface area contributed by atoms with Gasteiger partial charge in [-0.2, -0.15) is 110 Å². The number of alkyl halides is 18. The van der Waals surface area contributed by atoms with Gasteiger partial charge in [0, 0.05) is 156 Å². The Morgan fingerprint density at radius 3 is 1.06 bits per heavy atom. The van der Waals surface area contributed by atoms with E-state index in [0.717, 1.165) is 65.4 Å². The number of hydrogen-bond acceptors (Lipinski definition) is 19. The second-order valence-electron chi connectivity index (χ2n) is 32.0. The van der Waals surface area contributed by atoms with Crippen LogP contribution in [0, 0.1) is 0 Å². The summed E-state index contributed by atoms with van der Waals surface area (Å²) in [7, 11) is 20.1. The van der Waals surface area contributed by atoms with Crippen LogP contribution in [0.25, 0.3) is 73.4 Å². The van der Waals surface area contributed by atoms with Gasteiger partial charge in [0.25, 0.3) is 35.4 Å². The quantitative estimate of drug-likeness (QED) is 0.0631. The minimum Gasteiger partial charge on any atom is -0.394 e. The third-order valence-corrected chi connectivity index (χ3v) is 19.9. The number of pyridine rings is 5. The molecular formula is C94H93F18N23O8. The highest BCUT2D eigenvalue weighted by Crippen LogP contribution is 2.40. The molecule has 49 heteroatoms. The van der Waals surface area contributed by atoms with Crippen molar-refractivity contribution in [2.75, 3.05) is 97.8 Å². The molecule has 0 saturated heterocycles. The Labute approximate surface area is 804 Å². The number of hydrogen-bond donors (Lipinski definition) is 2. The highest BCUT2D eigenvalue weighted by Gasteiger charge is 2.41. The molecule has 14 rings (SSSR count). The second kappa shape index (κ2) is 46.9. The van der Waals surface area contributed by atoms with E-state index in [0.29, 0.717) is 39.8 Å². The first-order chi connectivity index (χ1) is 66.9. The Kier molecular flexibility index (Phi) is 36.4. The number of halogens is 18. The van der Waals surface area contributed by atoms with Crippen LogP contribution < -0.4 is 0 Å². The predicted molar refractivity (Wildman–Crippen MR) is 485 cm³/mol. The molecule has 0 aliphatic heterocycles. The van der Waals surface area contributed by atoms with Crippen molar-refractivity contribution in [2.24, 2.45) is 7.05 Å². The van der Waals surface area contributed by atoms with Gasteiger partial charge in [-0.25, -0.2) is 9.67 Å². The number of carbonyl (C=O) groups is 6. The molecule has 6 amide bonds. The van der Waals surface area contributed by atoms with Crippen LogP contribution in [-0.4, -0.2) is 256 Å². The van der Waals surface area contributed by atoms with Crippen molar-refractivity contribution >= 4 is 35.4 Å². The summed E-state index contributed by atoms with van der Waals surface area (Å²) in [6.45, 7) is 1.25. The molecule has 0 aliphatic carbocycles. The number of rotatable bonds is 21. The van der Waals surface area contributed by atoms with E-state index in [1.165, 1.54) is 139 Å². The van der Waals surface area contributed by atoms with E-state index in [2.05, 4.69) is 55.5 Å². The van der Waals surface area contributed by atoms with Gasteiger partial charge in [0.1, 0.15) is 51.2 Å². The van der Waals surface area contributed by atoms with Crippen LogP contribution >= 0.6 is 0 Å². The van der Waals surface area contributed by atoms with Crippen LogP contribution in [-0.2, 0) is 70.3 Å². The number of amides is 6. The monoisotopic (exact) mass is 2010 g/mol. The summed E-state index contributed by atoms with van der Waals surface area (Å²) in [5.41, 5.74) is -0.276. The lowest BCUT2D eigenvalue weighted by molar-refractivity contribution is -0.144. The highest BCUT2D eigenvalue weighted by molar-refractivity contribution is 5.97. The molecule has 0 radical (unpaired) electrons. The molecule has 31 nitrogen and oxygen atoms in total. The molecule has 11 heterocycles. The van der Waals surface area contributed by atoms with E-state index in [4.69, 9.17) is 10.2 Å². The minimum absolute atomic E-state index is 0.0367. The number of carbonyl (C=O) groups excluding carboxylic acids is 6. The molecule has 11 aromatic heterocycles. The molecule has 3 aromatic carbocycles. The third kappa shape index (κ3) is 29.4. The first-order valence-corrected chi connectivity index (χ1v) is 42.4. The maximum atomic E-state index is 13.4. The second-order valence-corrected chi connectivity index (χ2v) is 32.0. The van der Waals surface area contributed by atoms with Crippen molar-refractivity contribution in [3.63, 3.8) is 0 Å². The van der Waals surface area contributed by atoms with Crippen molar-refractivity contribution in [3.05, 3.63) is 287 Å². The number of nitrogens with zero attached hydrogens (tertiary/aromatic N) is 23. The van der Waals surface area contributed by atoms with E-state index in [9.17, 15) is 108 Å². The van der Waals surface area contributed by atoms with Crippen molar-refractivity contribution in [1.82, 2.24) is 113 Å². The first-order valence-electron chi connectivity index (χ1n) is 42.4. The summed E-state index contributed by atoms with van der Waals surface area (Å²) >= 11 is 0. The summed E-state index contributed by atoms with van der Waals surface area (Å²) in [5.74, 6) is -1.95. The summed E-state index contributed by atoms with van der Waals surface area (Å²) in [6.07, 6.45) is -21.2. The number of aliphatic hydroxyl groups is 2. The van der Waals surface area contributed by atoms with Gasteiger partial charge < -0.3 is 39.6 Å². The van der Waals surface area contributed by atoms with E-state index < -0.39 is 71.2 Å². The van der Waals surface area contributed by atoms with E-state index in [1.807, 2.05) is 30.3 Å². The van der Waals surface area contributed by atoms with Crippen LogP contribution in [0.1, 0.15) is 116 Å². The Bertz CT molecular complexity index is 6610. The van der Waals surface area contributed by atoms with Crippen LogP contribution in [0.4, 0.5) is 79.0 Å². The maximum absolute atomic E-state index is 13.4. The van der Waals surface area contributed by atoms with Crippen LogP contribution in [0.2, 0.25) is 0 Å². The van der Waals surface area contributed by atoms with Gasteiger partial charge in [0.05, 0.1) is 72.7 Å². The predicted octanol–water partition coefficient (Wildman–Crippen LogP) is 16.6. The number of benzene rings is 3. The van der Waals surface area contributed by atoms with Gasteiger partial charge in [0.2, 0.25) is 0 Å². The summed E-state index contributed by atoms with van der Waals surface area (Å²) in [5, 5.41) is 40.7. The van der Waals surface area contributed by atoms with Crippen molar-refractivity contribution in [3.8, 4) is 73.4 Å². The average molecular weight is 2010 g/mol. The maximum Gasteiger partial charge on any atom is 0.435 e. The number of aliphatic hydroxyl groups excluding tert-OH is 2. The van der Waals surface area contributed by atoms with E-state index >= 15 is 0 Å². The smallest absolute Gasteiger partial charge is 0.394 e. The summed E-state index contributed by atoms with van der Waals surface area (Å²) in [4.78, 5) is 99.9.